The molecule has 82 valence electrons. The van der Waals surface area contributed by atoms with Gasteiger partial charge in [0.15, 0.2) is 0 Å². The summed E-state index contributed by atoms with van der Waals surface area (Å²) in [6, 6.07) is 8.10. The molecular weight excluding hydrogens is 184 g/mol. The molecule has 0 atom stereocenters. The van der Waals surface area contributed by atoms with E-state index in [1.165, 1.54) is 24.8 Å². The number of nitrogen functional groups attached to an aromatic ring is 1. The Labute approximate surface area is 91.9 Å². The molecule has 2 nitrogen and oxygen atoms in total. The van der Waals surface area contributed by atoms with Crippen LogP contribution in [-0.4, -0.2) is 6.54 Å². The molecule has 0 bridgehead atoms. The number of hydrogen-bond donors (Lipinski definition) is 2. The summed E-state index contributed by atoms with van der Waals surface area (Å²) in [5.41, 5.74) is 8.35. The highest BCUT2D eigenvalue weighted by atomic mass is 14.9. The molecule has 2 rings (SSSR count). The van der Waals surface area contributed by atoms with Gasteiger partial charge in [-0.3, -0.25) is 0 Å². The average molecular weight is 204 g/mol. The molecule has 15 heavy (non-hydrogen) atoms. The van der Waals surface area contributed by atoms with E-state index in [4.69, 9.17) is 5.73 Å². The molecule has 3 N–H and O–H groups in total. The maximum atomic E-state index is 5.63. The van der Waals surface area contributed by atoms with E-state index in [0.717, 1.165) is 18.8 Å². The highest BCUT2D eigenvalue weighted by molar-refractivity contribution is 5.39. The van der Waals surface area contributed by atoms with Crippen LogP contribution in [0.5, 0.6) is 0 Å². The summed E-state index contributed by atoms with van der Waals surface area (Å²) in [7, 11) is 0. The van der Waals surface area contributed by atoms with Crippen LogP contribution >= 0.6 is 0 Å². The van der Waals surface area contributed by atoms with E-state index in [9.17, 15) is 0 Å². The van der Waals surface area contributed by atoms with Gasteiger partial charge in [-0.25, -0.2) is 0 Å². The minimum Gasteiger partial charge on any atom is -0.399 e. The van der Waals surface area contributed by atoms with Crippen LogP contribution < -0.4 is 11.1 Å². The molecule has 0 radical (unpaired) electrons. The van der Waals surface area contributed by atoms with Crippen molar-refractivity contribution in [1.29, 1.82) is 0 Å². The highest BCUT2D eigenvalue weighted by Gasteiger charge is 2.30. The molecule has 1 saturated carbocycles. The average Bonchev–Trinajstić information content (AvgIpc) is 2.19. The number of hydrogen-bond acceptors (Lipinski definition) is 2. The largest absolute Gasteiger partial charge is 0.399 e. The summed E-state index contributed by atoms with van der Waals surface area (Å²) in [6.45, 7) is 4.46. The second kappa shape index (κ2) is 4.23. The minimum atomic E-state index is 0.563. The third-order valence-corrected chi connectivity index (χ3v) is 3.42. The Morgan fingerprint density at radius 1 is 1.27 bits per heavy atom. The summed E-state index contributed by atoms with van der Waals surface area (Å²) in [5.74, 6) is 0. The smallest absolute Gasteiger partial charge is 0.0314 e. The quantitative estimate of drug-likeness (QED) is 0.740. The molecule has 0 heterocycles. The molecule has 0 spiro atoms. The first-order valence-electron chi connectivity index (χ1n) is 5.73. The molecule has 1 aliphatic carbocycles. The lowest BCUT2D eigenvalue weighted by Crippen LogP contribution is -2.36. The van der Waals surface area contributed by atoms with Gasteiger partial charge in [0.1, 0.15) is 0 Å². The van der Waals surface area contributed by atoms with Gasteiger partial charge in [-0.1, -0.05) is 25.5 Å². The van der Waals surface area contributed by atoms with E-state index in [1.807, 2.05) is 12.1 Å². The van der Waals surface area contributed by atoms with Gasteiger partial charge >= 0.3 is 0 Å². The Balaban J connectivity index is 1.76. The second-order valence-electron chi connectivity index (χ2n) is 5.01. The van der Waals surface area contributed by atoms with Crippen molar-refractivity contribution in [3.63, 3.8) is 0 Å². The number of nitrogens with one attached hydrogen (secondary N) is 1. The van der Waals surface area contributed by atoms with E-state index in [0.29, 0.717) is 5.41 Å². The van der Waals surface area contributed by atoms with Crippen molar-refractivity contribution in [2.45, 2.75) is 32.7 Å². The summed E-state index contributed by atoms with van der Waals surface area (Å²) in [5, 5.41) is 3.52. The fourth-order valence-corrected chi connectivity index (χ4v) is 2.10. The zero-order valence-corrected chi connectivity index (χ0v) is 9.42. The van der Waals surface area contributed by atoms with Crippen LogP contribution in [0.3, 0.4) is 0 Å². The predicted molar refractivity (Wildman–Crippen MR) is 64.5 cm³/mol. The molecule has 1 aromatic carbocycles. The van der Waals surface area contributed by atoms with E-state index in [-0.39, 0.29) is 0 Å². The van der Waals surface area contributed by atoms with Gasteiger partial charge in [0.25, 0.3) is 0 Å². The monoisotopic (exact) mass is 204 g/mol. The van der Waals surface area contributed by atoms with Gasteiger partial charge in [0.05, 0.1) is 0 Å². The SMILES string of the molecule is CC1(CNCc2ccc(N)cc2)CCC1. The van der Waals surface area contributed by atoms with Crippen molar-refractivity contribution >= 4 is 5.69 Å². The summed E-state index contributed by atoms with van der Waals surface area (Å²) in [6.07, 6.45) is 4.16. The molecule has 0 saturated heterocycles. The first-order chi connectivity index (χ1) is 7.18. The lowest BCUT2D eigenvalue weighted by molar-refractivity contribution is 0.156. The minimum absolute atomic E-state index is 0.563. The molecule has 2 heteroatoms. The van der Waals surface area contributed by atoms with Crippen LogP contribution in [0.1, 0.15) is 31.7 Å². The van der Waals surface area contributed by atoms with Crippen molar-refractivity contribution in [1.82, 2.24) is 5.32 Å². The van der Waals surface area contributed by atoms with Crippen LogP contribution in [0.4, 0.5) is 5.69 Å². The lowest BCUT2D eigenvalue weighted by atomic mass is 9.70. The van der Waals surface area contributed by atoms with Crippen LogP contribution in [0.15, 0.2) is 24.3 Å². The summed E-state index contributed by atoms with van der Waals surface area (Å²) in [4.78, 5) is 0. The predicted octanol–water partition coefficient (Wildman–Crippen LogP) is 2.55. The summed E-state index contributed by atoms with van der Waals surface area (Å²) < 4.78 is 0. The van der Waals surface area contributed by atoms with Gasteiger partial charge in [0, 0.05) is 18.8 Å². The summed E-state index contributed by atoms with van der Waals surface area (Å²) >= 11 is 0. The lowest BCUT2D eigenvalue weighted by Gasteiger charge is -2.38. The van der Waals surface area contributed by atoms with Gasteiger partial charge in [-0.05, 0) is 36.0 Å². The van der Waals surface area contributed by atoms with Gasteiger partial charge in [-0.2, -0.15) is 0 Å². The molecule has 1 aromatic rings. The Kier molecular flexibility index (Phi) is 2.96. The molecular formula is C13H20N2. The van der Waals surface area contributed by atoms with Gasteiger partial charge < -0.3 is 11.1 Å². The van der Waals surface area contributed by atoms with Crippen molar-refractivity contribution in [3.05, 3.63) is 29.8 Å². The van der Waals surface area contributed by atoms with Crippen LogP contribution in [0.2, 0.25) is 0 Å². The zero-order valence-electron chi connectivity index (χ0n) is 9.42. The third kappa shape index (κ3) is 2.72. The Bertz CT molecular complexity index is 312. The van der Waals surface area contributed by atoms with E-state index in [2.05, 4.69) is 24.4 Å². The first kappa shape index (κ1) is 10.5. The topological polar surface area (TPSA) is 38.0 Å². The van der Waals surface area contributed by atoms with Crippen molar-refractivity contribution < 1.29 is 0 Å². The van der Waals surface area contributed by atoms with Crippen LogP contribution in [0, 0.1) is 5.41 Å². The first-order valence-corrected chi connectivity index (χ1v) is 5.73. The van der Waals surface area contributed by atoms with Crippen molar-refractivity contribution in [3.8, 4) is 0 Å². The third-order valence-electron chi connectivity index (χ3n) is 3.42. The number of benzene rings is 1. The Morgan fingerprint density at radius 2 is 1.93 bits per heavy atom. The van der Waals surface area contributed by atoms with Crippen LogP contribution in [-0.2, 0) is 6.54 Å². The zero-order chi connectivity index (χ0) is 10.7. The number of rotatable bonds is 4. The number of anilines is 1. The fourth-order valence-electron chi connectivity index (χ4n) is 2.10. The molecule has 1 aliphatic rings. The molecule has 0 unspecified atom stereocenters. The number of nitrogens with two attached hydrogens (primary N) is 1. The van der Waals surface area contributed by atoms with Crippen LogP contribution in [0.25, 0.3) is 0 Å². The highest BCUT2D eigenvalue weighted by Crippen LogP contribution is 2.39. The van der Waals surface area contributed by atoms with E-state index < -0.39 is 0 Å². The molecule has 1 fully saturated rings. The maximum absolute atomic E-state index is 5.63. The van der Waals surface area contributed by atoms with Gasteiger partial charge in [-0.15, -0.1) is 0 Å². The van der Waals surface area contributed by atoms with Crippen molar-refractivity contribution in [2.24, 2.45) is 5.41 Å². The molecule has 0 aliphatic heterocycles. The maximum Gasteiger partial charge on any atom is 0.0314 e. The van der Waals surface area contributed by atoms with Crippen molar-refractivity contribution in [2.75, 3.05) is 12.3 Å². The second-order valence-corrected chi connectivity index (χ2v) is 5.01. The molecule has 0 amide bonds. The molecule has 0 aromatic heterocycles. The Hall–Kier alpha value is -1.02. The van der Waals surface area contributed by atoms with E-state index >= 15 is 0 Å². The fraction of sp³-hybridized carbons (Fsp3) is 0.538. The Morgan fingerprint density at radius 3 is 2.47 bits per heavy atom. The van der Waals surface area contributed by atoms with E-state index in [1.54, 1.807) is 0 Å². The normalized spacial score (nSPS) is 18.5. The standard InChI is InChI=1S/C13H20N2/c1-13(7-2-8-13)10-15-9-11-3-5-12(14)6-4-11/h3-6,15H,2,7-10,14H2,1H3. The van der Waals surface area contributed by atoms with Gasteiger partial charge in [0.2, 0.25) is 0 Å².